The van der Waals surface area contributed by atoms with Gasteiger partial charge in [0.1, 0.15) is 11.5 Å². The predicted octanol–water partition coefficient (Wildman–Crippen LogP) is 2.78. The van der Waals surface area contributed by atoms with E-state index in [0.29, 0.717) is 12.5 Å². The highest BCUT2D eigenvalue weighted by Crippen LogP contribution is 2.32. The average Bonchev–Trinajstić information content (AvgIpc) is 2.77. The molecule has 102 valence electrons. The average molecular weight is 258 g/mol. The molecule has 1 aliphatic rings. The van der Waals surface area contributed by atoms with E-state index in [9.17, 15) is 0 Å². The third-order valence-electron chi connectivity index (χ3n) is 4.28. The van der Waals surface area contributed by atoms with Gasteiger partial charge in [-0.25, -0.2) is 9.97 Å². The van der Waals surface area contributed by atoms with E-state index in [2.05, 4.69) is 17.7 Å². The Morgan fingerprint density at radius 1 is 1.26 bits per heavy atom. The summed E-state index contributed by atoms with van der Waals surface area (Å²) in [6.45, 7) is 2.62. The third kappa shape index (κ3) is 2.14. The summed E-state index contributed by atoms with van der Waals surface area (Å²) in [5, 5.41) is 1.14. The van der Waals surface area contributed by atoms with Crippen LogP contribution in [0.25, 0.3) is 11.0 Å². The zero-order chi connectivity index (χ0) is 13.4. The molecule has 0 atom stereocenters. The molecule has 0 bridgehead atoms. The Hall–Kier alpha value is -1.42. The smallest absolute Gasteiger partial charge is 0.143 e. The number of nitrogens with two attached hydrogens (primary N) is 1. The molecule has 3 rings (SSSR count). The summed E-state index contributed by atoms with van der Waals surface area (Å²) in [6, 6.07) is 0. The Bertz CT molecular complexity index is 594. The lowest BCUT2D eigenvalue weighted by Crippen LogP contribution is -2.10. The van der Waals surface area contributed by atoms with Crippen molar-refractivity contribution >= 4 is 11.0 Å². The van der Waals surface area contributed by atoms with Gasteiger partial charge in [-0.2, -0.15) is 0 Å². The van der Waals surface area contributed by atoms with Gasteiger partial charge in [0.15, 0.2) is 0 Å². The first-order valence-corrected chi connectivity index (χ1v) is 7.23. The van der Waals surface area contributed by atoms with Gasteiger partial charge in [0, 0.05) is 31.1 Å². The van der Waals surface area contributed by atoms with Crippen molar-refractivity contribution in [3.63, 3.8) is 0 Å². The lowest BCUT2D eigenvalue weighted by molar-refractivity contribution is 0.429. The zero-order valence-corrected chi connectivity index (χ0v) is 11.8. The van der Waals surface area contributed by atoms with Crippen molar-refractivity contribution in [1.82, 2.24) is 14.5 Å². The molecule has 0 aromatic carbocycles. The van der Waals surface area contributed by atoms with Gasteiger partial charge in [-0.05, 0) is 25.3 Å². The van der Waals surface area contributed by atoms with E-state index < -0.39 is 0 Å². The van der Waals surface area contributed by atoms with Gasteiger partial charge in [0.05, 0.1) is 5.69 Å². The summed E-state index contributed by atoms with van der Waals surface area (Å²) in [7, 11) is 2.04. The van der Waals surface area contributed by atoms with E-state index in [4.69, 9.17) is 15.7 Å². The molecule has 0 amide bonds. The van der Waals surface area contributed by atoms with Crippen LogP contribution in [-0.4, -0.2) is 14.5 Å². The van der Waals surface area contributed by atoms with E-state index in [1.54, 1.807) is 0 Å². The minimum atomic E-state index is 0.546. The van der Waals surface area contributed by atoms with E-state index in [0.717, 1.165) is 28.1 Å². The fourth-order valence-corrected chi connectivity index (χ4v) is 3.27. The molecule has 0 saturated heterocycles. The van der Waals surface area contributed by atoms with Crippen molar-refractivity contribution < 1.29 is 0 Å². The number of rotatable bonds is 2. The number of nitrogens with zero attached hydrogens (tertiary/aromatic N) is 3. The van der Waals surface area contributed by atoms with Gasteiger partial charge < -0.3 is 10.3 Å². The molecule has 1 aliphatic carbocycles. The van der Waals surface area contributed by atoms with E-state index in [1.165, 1.54) is 32.1 Å². The van der Waals surface area contributed by atoms with Gasteiger partial charge in [-0.1, -0.05) is 19.3 Å². The van der Waals surface area contributed by atoms with Crippen LogP contribution in [0.3, 0.4) is 0 Å². The van der Waals surface area contributed by atoms with Gasteiger partial charge in [-0.15, -0.1) is 0 Å². The molecule has 2 aromatic heterocycles. The van der Waals surface area contributed by atoms with Crippen LogP contribution in [0, 0.1) is 6.92 Å². The van der Waals surface area contributed by atoms with Gasteiger partial charge >= 0.3 is 0 Å². The maximum atomic E-state index is 5.81. The summed E-state index contributed by atoms with van der Waals surface area (Å²) >= 11 is 0. The second-order valence-electron chi connectivity index (χ2n) is 5.67. The largest absolute Gasteiger partial charge is 0.335 e. The summed E-state index contributed by atoms with van der Waals surface area (Å²) in [5.41, 5.74) is 9.07. The first-order valence-electron chi connectivity index (χ1n) is 7.23. The molecule has 1 saturated carbocycles. The molecule has 4 nitrogen and oxygen atoms in total. The lowest BCUT2D eigenvalue weighted by Gasteiger charge is -2.20. The van der Waals surface area contributed by atoms with E-state index in [-0.39, 0.29) is 0 Å². The van der Waals surface area contributed by atoms with Crippen LogP contribution in [-0.2, 0) is 13.6 Å². The van der Waals surface area contributed by atoms with Crippen molar-refractivity contribution in [3.8, 4) is 0 Å². The van der Waals surface area contributed by atoms with Gasteiger partial charge in [0.25, 0.3) is 0 Å². The second-order valence-corrected chi connectivity index (χ2v) is 5.67. The molecule has 2 heterocycles. The SMILES string of the molecule is Cc1nc(C2CCCCC2)nc2c1c(CN)cn2C. The second kappa shape index (κ2) is 4.93. The van der Waals surface area contributed by atoms with Gasteiger partial charge in [0.2, 0.25) is 0 Å². The zero-order valence-electron chi connectivity index (χ0n) is 11.8. The van der Waals surface area contributed by atoms with Crippen molar-refractivity contribution in [2.45, 2.75) is 51.5 Å². The molecule has 0 aliphatic heterocycles. The summed E-state index contributed by atoms with van der Waals surface area (Å²) in [4.78, 5) is 9.59. The van der Waals surface area contributed by atoms with Crippen molar-refractivity contribution in [3.05, 3.63) is 23.3 Å². The minimum absolute atomic E-state index is 0.546. The summed E-state index contributed by atoms with van der Waals surface area (Å²) < 4.78 is 2.08. The number of aromatic nitrogens is 3. The van der Waals surface area contributed by atoms with Crippen molar-refractivity contribution in [2.24, 2.45) is 12.8 Å². The quantitative estimate of drug-likeness (QED) is 0.901. The fourth-order valence-electron chi connectivity index (χ4n) is 3.27. The molecule has 1 fully saturated rings. The van der Waals surface area contributed by atoms with Crippen LogP contribution in [0.4, 0.5) is 0 Å². The standard InChI is InChI=1S/C15H22N4/c1-10-13-12(8-16)9-19(2)15(13)18-14(17-10)11-6-4-3-5-7-11/h9,11H,3-8,16H2,1-2H3. The maximum absolute atomic E-state index is 5.81. The number of hydrogen-bond acceptors (Lipinski definition) is 3. The first kappa shape index (κ1) is 12.6. The van der Waals surface area contributed by atoms with Crippen LogP contribution >= 0.6 is 0 Å². The van der Waals surface area contributed by atoms with Crippen molar-refractivity contribution in [2.75, 3.05) is 0 Å². The van der Waals surface area contributed by atoms with Crippen LogP contribution in [0.5, 0.6) is 0 Å². The van der Waals surface area contributed by atoms with E-state index in [1.807, 2.05) is 7.05 Å². The molecular formula is C15H22N4. The Morgan fingerprint density at radius 3 is 2.68 bits per heavy atom. The highest BCUT2D eigenvalue weighted by molar-refractivity contribution is 5.82. The van der Waals surface area contributed by atoms with Crippen LogP contribution in [0.15, 0.2) is 6.20 Å². The Morgan fingerprint density at radius 2 is 2.00 bits per heavy atom. The Labute approximate surface area is 114 Å². The molecule has 4 heteroatoms. The predicted molar refractivity (Wildman–Crippen MR) is 77.0 cm³/mol. The maximum Gasteiger partial charge on any atom is 0.143 e. The topological polar surface area (TPSA) is 56.7 Å². The molecule has 0 spiro atoms. The molecule has 19 heavy (non-hydrogen) atoms. The lowest BCUT2D eigenvalue weighted by atomic mass is 9.88. The van der Waals surface area contributed by atoms with Crippen LogP contribution < -0.4 is 5.73 Å². The number of hydrogen-bond donors (Lipinski definition) is 1. The number of aryl methyl sites for hydroxylation is 2. The van der Waals surface area contributed by atoms with E-state index >= 15 is 0 Å². The molecule has 2 aromatic rings. The fraction of sp³-hybridized carbons (Fsp3) is 0.600. The molecule has 0 unspecified atom stereocenters. The third-order valence-corrected chi connectivity index (χ3v) is 4.28. The summed E-state index contributed by atoms with van der Waals surface area (Å²) in [5.74, 6) is 1.59. The highest BCUT2D eigenvalue weighted by atomic mass is 15.0. The molecule has 0 radical (unpaired) electrons. The van der Waals surface area contributed by atoms with Crippen molar-refractivity contribution in [1.29, 1.82) is 0 Å². The Balaban J connectivity index is 2.10. The normalized spacial score (nSPS) is 17.2. The van der Waals surface area contributed by atoms with Crippen LogP contribution in [0.2, 0.25) is 0 Å². The minimum Gasteiger partial charge on any atom is -0.335 e. The summed E-state index contributed by atoms with van der Waals surface area (Å²) in [6.07, 6.45) is 8.53. The molecular weight excluding hydrogens is 236 g/mol. The monoisotopic (exact) mass is 258 g/mol. The Kier molecular flexibility index (Phi) is 3.27. The number of fused-ring (bicyclic) bond motifs is 1. The molecule has 2 N–H and O–H groups in total. The van der Waals surface area contributed by atoms with Crippen LogP contribution in [0.1, 0.15) is 55.1 Å². The van der Waals surface area contributed by atoms with Gasteiger partial charge in [-0.3, -0.25) is 0 Å². The first-order chi connectivity index (χ1) is 9.20. The highest BCUT2D eigenvalue weighted by Gasteiger charge is 2.20.